The maximum Gasteiger partial charge on any atom is 0.240 e. The topological polar surface area (TPSA) is 118 Å². The average molecular weight is 472 g/mol. The van der Waals surface area contributed by atoms with Crippen LogP contribution in [0, 0.1) is 0 Å². The van der Waals surface area contributed by atoms with Gasteiger partial charge in [-0.25, -0.2) is 0 Å². The summed E-state index contributed by atoms with van der Waals surface area (Å²) in [5, 5.41) is 5.46. The second kappa shape index (κ2) is 12.3. The molecule has 3 aromatic carbocycles. The molecule has 180 valence electrons. The van der Waals surface area contributed by atoms with Crippen LogP contribution in [0.25, 0.3) is 0 Å². The smallest absolute Gasteiger partial charge is 0.240 e. The largest absolute Gasteiger partial charge is 0.368 e. The maximum atomic E-state index is 12.5. The van der Waals surface area contributed by atoms with Crippen molar-refractivity contribution in [2.45, 2.75) is 38.3 Å². The molecule has 0 unspecified atom stereocenters. The summed E-state index contributed by atoms with van der Waals surface area (Å²) in [6.45, 7) is 1.87. The lowest BCUT2D eigenvalue weighted by molar-refractivity contribution is -0.129. The Bertz CT molecular complexity index is 1160. The molecule has 0 aliphatic carbocycles. The molecule has 0 bridgehead atoms. The van der Waals surface area contributed by atoms with Crippen LogP contribution in [-0.2, 0) is 20.8 Å². The van der Waals surface area contributed by atoms with Crippen molar-refractivity contribution in [1.82, 2.24) is 10.6 Å². The van der Waals surface area contributed by atoms with Gasteiger partial charge in [0.1, 0.15) is 6.04 Å². The predicted octanol–water partition coefficient (Wildman–Crippen LogP) is 3.09. The minimum Gasteiger partial charge on any atom is -0.368 e. The number of hydrogen-bond donors (Lipinski definition) is 3. The van der Waals surface area contributed by atoms with E-state index in [0.29, 0.717) is 11.1 Å². The lowest BCUT2D eigenvalue weighted by atomic mass is 9.99. The first-order chi connectivity index (χ1) is 16.8. The van der Waals surface area contributed by atoms with Gasteiger partial charge in [0.05, 0.1) is 6.04 Å². The van der Waals surface area contributed by atoms with Crippen LogP contribution in [0.15, 0.2) is 84.9 Å². The summed E-state index contributed by atoms with van der Waals surface area (Å²) in [4.78, 5) is 49.0. The first-order valence-electron chi connectivity index (χ1n) is 11.4. The van der Waals surface area contributed by atoms with Gasteiger partial charge in [0.25, 0.3) is 0 Å². The lowest BCUT2D eigenvalue weighted by Crippen LogP contribution is -2.46. The molecule has 0 spiro atoms. The van der Waals surface area contributed by atoms with Crippen molar-refractivity contribution in [2.75, 3.05) is 0 Å². The van der Waals surface area contributed by atoms with E-state index in [-0.39, 0.29) is 37.0 Å². The molecule has 0 saturated heterocycles. The molecule has 7 heteroatoms. The zero-order valence-electron chi connectivity index (χ0n) is 19.6. The Morgan fingerprint density at radius 3 is 1.80 bits per heavy atom. The molecule has 35 heavy (non-hydrogen) atoms. The predicted molar refractivity (Wildman–Crippen MR) is 133 cm³/mol. The Morgan fingerprint density at radius 1 is 0.714 bits per heavy atom. The second-order valence-corrected chi connectivity index (χ2v) is 8.32. The number of primary amides is 1. The van der Waals surface area contributed by atoms with Crippen LogP contribution in [0.2, 0.25) is 0 Å². The number of benzene rings is 3. The molecule has 2 atom stereocenters. The standard InChI is InChI=1S/C28H29N3O4/c1-19(21-8-4-2-5-9-21)30-25(32)16-17-26(33)31-24(28(29)35)18-20-12-14-23(15-13-20)27(34)22-10-6-3-7-11-22/h2-15,19,24H,16-18H2,1H3,(H2,29,35)(H,30,32)(H,31,33)/t19-,24-/m1/s1. The van der Waals surface area contributed by atoms with Crippen LogP contribution in [0.5, 0.6) is 0 Å². The Hall–Kier alpha value is -4.26. The number of hydrogen-bond acceptors (Lipinski definition) is 4. The number of nitrogens with one attached hydrogen (secondary N) is 2. The fourth-order valence-corrected chi connectivity index (χ4v) is 3.64. The SMILES string of the molecule is C[C@@H](NC(=O)CCC(=O)N[C@H](Cc1ccc(C(=O)c2ccccc2)cc1)C(N)=O)c1ccccc1. The monoisotopic (exact) mass is 471 g/mol. The molecule has 3 aromatic rings. The van der Waals surface area contributed by atoms with E-state index in [2.05, 4.69) is 10.6 Å². The van der Waals surface area contributed by atoms with Crippen molar-refractivity contribution < 1.29 is 19.2 Å². The van der Waals surface area contributed by atoms with Crippen LogP contribution in [0.1, 0.15) is 52.9 Å². The van der Waals surface area contributed by atoms with E-state index in [1.54, 1.807) is 48.5 Å². The minimum absolute atomic E-state index is 0.00914. The first-order valence-corrected chi connectivity index (χ1v) is 11.4. The van der Waals surface area contributed by atoms with Crippen molar-refractivity contribution in [3.63, 3.8) is 0 Å². The van der Waals surface area contributed by atoms with Gasteiger partial charge < -0.3 is 16.4 Å². The van der Waals surface area contributed by atoms with Crippen LogP contribution in [-0.4, -0.2) is 29.5 Å². The van der Waals surface area contributed by atoms with E-state index in [0.717, 1.165) is 11.1 Å². The Balaban J connectivity index is 1.50. The Morgan fingerprint density at radius 2 is 1.23 bits per heavy atom. The van der Waals surface area contributed by atoms with Gasteiger partial charge in [-0.2, -0.15) is 0 Å². The molecular weight excluding hydrogens is 442 g/mol. The van der Waals surface area contributed by atoms with E-state index in [1.807, 2.05) is 43.3 Å². The third-order valence-electron chi connectivity index (χ3n) is 5.63. The number of nitrogens with two attached hydrogens (primary N) is 1. The molecule has 0 saturated carbocycles. The van der Waals surface area contributed by atoms with E-state index < -0.39 is 17.9 Å². The highest BCUT2D eigenvalue weighted by atomic mass is 16.2. The molecule has 3 rings (SSSR count). The number of amides is 3. The number of carbonyl (C=O) groups excluding carboxylic acids is 4. The highest BCUT2D eigenvalue weighted by molar-refractivity contribution is 6.08. The summed E-state index contributed by atoms with van der Waals surface area (Å²) in [5.41, 5.74) is 8.31. The molecule has 0 heterocycles. The molecule has 0 aliphatic rings. The average Bonchev–Trinajstić information content (AvgIpc) is 2.88. The summed E-state index contributed by atoms with van der Waals surface area (Å²) < 4.78 is 0. The zero-order valence-corrected chi connectivity index (χ0v) is 19.6. The van der Waals surface area contributed by atoms with E-state index >= 15 is 0 Å². The highest BCUT2D eigenvalue weighted by Crippen LogP contribution is 2.13. The fraction of sp³-hybridized carbons (Fsp3) is 0.214. The van der Waals surface area contributed by atoms with Gasteiger partial charge in [-0.15, -0.1) is 0 Å². The van der Waals surface area contributed by atoms with Crippen molar-refractivity contribution in [1.29, 1.82) is 0 Å². The number of rotatable bonds is 11. The minimum atomic E-state index is -0.926. The van der Waals surface area contributed by atoms with E-state index in [9.17, 15) is 19.2 Å². The van der Waals surface area contributed by atoms with Crippen molar-refractivity contribution >= 4 is 23.5 Å². The molecule has 0 aromatic heterocycles. The van der Waals surface area contributed by atoms with Gasteiger partial charge in [-0.05, 0) is 18.1 Å². The molecule has 0 aliphatic heterocycles. The van der Waals surface area contributed by atoms with Gasteiger partial charge in [0, 0.05) is 30.4 Å². The van der Waals surface area contributed by atoms with Gasteiger partial charge in [-0.3, -0.25) is 19.2 Å². The summed E-state index contributed by atoms with van der Waals surface area (Å²) in [6, 6.07) is 24.2. The van der Waals surface area contributed by atoms with Crippen LogP contribution < -0.4 is 16.4 Å². The summed E-state index contributed by atoms with van der Waals surface area (Å²) >= 11 is 0. The summed E-state index contributed by atoms with van der Waals surface area (Å²) in [6.07, 6.45) is 0.102. The second-order valence-electron chi connectivity index (χ2n) is 8.32. The van der Waals surface area contributed by atoms with Crippen LogP contribution in [0.3, 0.4) is 0 Å². The highest BCUT2D eigenvalue weighted by Gasteiger charge is 2.20. The molecule has 3 amide bonds. The van der Waals surface area contributed by atoms with Gasteiger partial charge in [0.15, 0.2) is 5.78 Å². The summed E-state index contributed by atoms with van der Waals surface area (Å²) in [7, 11) is 0. The van der Waals surface area contributed by atoms with Crippen molar-refractivity contribution in [3.05, 3.63) is 107 Å². The van der Waals surface area contributed by atoms with Crippen LogP contribution >= 0.6 is 0 Å². The van der Waals surface area contributed by atoms with Crippen LogP contribution in [0.4, 0.5) is 0 Å². The molecule has 4 N–H and O–H groups in total. The third kappa shape index (κ3) is 7.64. The third-order valence-corrected chi connectivity index (χ3v) is 5.63. The fourth-order valence-electron chi connectivity index (χ4n) is 3.64. The summed E-state index contributed by atoms with van der Waals surface area (Å²) in [5.74, 6) is -1.47. The lowest BCUT2D eigenvalue weighted by Gasteiger charge is -2.17. The van der Waals surface area contributed by atoms with Gasteiger partial charge in [-0.1, -0.05) is 84.9 Å². The van der Waals surface area contributed by atoms with E-state index in [1.165, 1.54) is 0 Å². The quantitative estimate of drug-likeness (QED) is 0.372. The Labute approximate surface area is 204 Å². The first kappa shape index (κ1) is 25.4. The number of carbonyl (C=O) groups is 4. The molecule has 0 fully saturated rings. The normalized spacial score (nSPS) is 12.3. The number of ketones is 1. The van der Waals surface area contributed by atoms with Gasteiger partial charge >= 0.3 is 0 Å². The van der Waals surface area contributed by atoms with Crippen molar-refractivity contribution in [2.24, 2.45) is 5.73 Å². The Kier molecular flexibility index (Phi) is 8.89. The zero-order chi connectivity index (χ0) is 25.2. The maximum absolute atomic E-state index is 12.5. The van der Waals surface area contributed by atoms with E-state index in [4.69, 9.17) is 5.73 Å². The molecule has 7 nitrogen and oxygen atoms in total. The van der Waals surface area contributed by atoms with Gasteiger partial charge in [0.2, 0.25) is 17.7 Å². The molecule has 0 radical (unpaired) electrons. The molecular formula is C28H29N3O4. The van der Waals surface area contributed by atoms with Crippen molar-refractivity contribution in [3.8, 4) is 0 Å².